The van der Waals surface area contributed by atoms with Crippen molar-refractivity contribution in [1.82, 2.24) is 9.88 Å². The zero-order valence-corrected chi connectivity index (χ0v) is 16.7. The maximum absolute atomic E-state index is 13.2. The lowest BCUT2D eigenvalue weighted by Gasteiger charge is -2.17. The molecule has 0 radical (unpaired) electrons. The van der Waals surface area contributed by atoms with Gasteiger partial charge in [0.25, 0.3) is 0 Å². The number of hydrogen-bond acceptors (Lipinski definition) is 4. The largest absolute Gasteiger partial charge is 0.439 e. The average molecular weight is 414 g/mol. The van der Waals surface area contributed by atoms with Crippen molar-refractivity contribution in [3.8, 4) is 11.6 Å². The Morgan fingerprint density at radius 3 is 2.48 bits per heavy atom. The lowest BCUT2D eigenvalue weighted by atomic mass is 10.1. The van der Waals surface area contributed by atoms with Crippen LogP contribution in [0.1, 0.15) is 21.5 Å². The second kappa shape index (κ2) is 9.49. The van der Waals surface area contributed by atoms with Crippen LogP contribution in [0.25, 0.3) is 0 Å². The van der Waals surface area contributed by atoms with Crippen molar-refractivity contribution in [3.63, 3.8) is 0 Å². The highest BCUT2D eigenvalue weighted by Crippen LogP contribution is 2.21. The molecule has 0 aliphatic heterocycles. The van der Waals surface area contributed by atoms with Gasteiger partial charge in [0.15, 0.2) is 0 Å². The van der Waals surface area contributed by atoms with Gasteiger partial charge in [-0.2, -0.15) is 0 Å². The molecule has 0 aliphatic carbocycles. The van der Waals surface area contributed by atoms with Crippen molar-refractivity contribution in [2.75, 3.05) is 13.6 Å². The smallest absolute Gasteiger partial charge is 0.250 e. The van der Waals surface area contributed by atoms with Crippen molar-refractivity contribution < 1.29 is 13.9 Å². The lowest BCUT2D eigenvalue weighted by Crippen LogP contribution is -2.20. The van der Waals surface area contributed by atoms with Crippen LogP contribution in [0.5, 0.6) is 11.6 Å². The number of likely N-dealkylation sites (N-methyl/N-ethyl adjacent to an activating group) is 1. The maximum atomic E-state index is 13.2. The van der Waals surface area contributed by atoms with E-state index in [9.17, 15) is 9.18 Å². The van der Waals surface area contributed by atoms with E-state index in [-0.39, 0.29) is 5.02 Å². The first-order valence-electron chi connectivity index (χ1n) is 9.06. The fraction of sp³-hybridized carbons (Fsp3) is 0.182. The standard InChI is InChI=1S/C22H21ClFN3O2/c1-27(14-16-4-8-20(24)19(23)12-16)11-10-15-2-6-18(7-3-15)29-21-9-5-17(13-26-21)22(25)28/h2-9,12-13H,10-11,14H2,1H3,(H2,25,28). The highest BCUT2D eigenvalue weighted by atomic mass is 35.5. The molecule has 0 aliphatic rings. The van der Waals surface area contributed by atoms with Gasteiger partial charge in [0.05, 0.1) is 10.6 Å². The van der Waals surface area contributed by atoms with Gasteiger partial charge < -0.3 is 15.4 Å². The maximum Gasteiger partial charge on any atom is 0.250 e. The second-order valence-electron chi connectivity index (χ2n) is 6.73. The summed E-state index contributed by atoms with van der Waals surface area (Å²) in [4.78, 5) is 17.3. The van der Waals surface area contributed by atoms with E-state index in [0.29, 0.717) is 23.7 Å². The number of aromatic nitrogens is 1. The molecule has 2 aromatic carbocycles. The van der Waals surface area contributed by atoms with Crippen LogP contribution in [-0.4, -0.2) is 29.4 Å². The number of pyridine rings is 1. The van der Waals surface area contributed by atoms with Gasteiger partial charge in [0.1, 0.15) is 11.6 Å². The van der Waals surface area contributed by atoms with E-state index in [4.69, 9.17) is 22.1 Å². The molecule has 3 rings (SSSR count). The van der Waals surface area contributed by atoms with Crippen molar-refractivity contribution in [2.45, 2.75) is 13.0 Å². The van der Waals surface area contributed by atoms with Crippen LogP contribution >= 0.6 is 11.6 Å². The summed E-state index contributed by atoms with van der Waals surface area (Å²) in [6.07, 6.45) is 2.24. The molecule has 1 heterocycles. The monoisotopic (exact) mass is 413 g/mol. The summed E-state index contributed by atoms with van der Waals surface area (Å²) in [6.45, 7) is 1.53. The summed E-state index contributed by atoms with van der Waals surface area (Å²) in [5.74, 6) is 0.114. The van der Waals surface area contributed by atoms with E-state index < -0.39 is 11.7 Å². The Morgan fingerprint density at radius 1 is 1.14 bits per heavy atom. The van der Waals surface area contributed by atoms with Crippen LogP contribution in [0.3, 0.4) is 0 Å². The fourth-order valence-electron chi connectivity index (χ4n) is 2.78. The first-order valence-corrected chi connectivity index (χ1v) is 9.43. The number of halogens is 2. The molecule has 5 nitrogen and oxygen atoms in total. The number of nitrogens with two attached hydrogens (primary N) is 1. The van der Waals surface area contributed by atoms with Crippen molar-refractivity contribution >= 4 is 17.5 Å². The Hall–Kier alpha value is -2.96. The van der Waals surface area contributed by atoms with Crippen molar-refractivity contribution in [2.24, 2.45) is 5.73 Å². The van der Waals surface area contributed by atoms with Crippen LogP contribution in [-0.2, 0) is 13.0 Å². The summed E-state index contributed by atoms with van der Waals surface area (Å²) in [5, 5.41) is 0.144. The molecule has 0 bridgehead atoms. The van der Waals surface area contributed by atoms with Crippen molar-refractivity contribution in [1.29, 1.82) is 0 Å². The Kier molecular flexibility index (Phi) is 6.80. The normalized spacial score (nSPS) is 10.9. The molecule has 1 aromatic heterocycles. The summed E-state index contributed by atoms with van der Waals surface area (Å²) in [5.41, 5.74) is 7.66. The number of rotatable bonds is 8. The number of primary amides is 1. The van der Waals surface area contributed by atoms with E-state index >= 15 is 0 Å². The minimum atomic E-state index is -0.527. The summed E-state index contributed by atoms with van der Waals surface area (Å²) < 4.78 is 18.9. The SMILES string of the molecule is CN(CCc1ccc(Oc2ccc(C(N)=O)cn2)cc1)Cc1ccc(F)c(Cl)c1. The number of hydrogen-bond donors (Lipinski definition) is 1. The molecule has 0 saturated heterocycles. The average Bonchev–Trinajstić information content (AvgIpc) is 2.71. The van der Waals surface area contributed by atoms with Gasteiger partial charge >= 0.3 is 0 Å². The molecule has 2 N–H and O–H groups in total. The summed E-state index contributed by atoms with van der Waals surface area (Å²) in [7, 11) is 2.01. The molecule has 0 saturated carbocycles. The predicted octanol–water partition coefficient (Wildman–Crippen LogP) is 4.44. The Labute approximate surface area is 173 Å². The zero-order valence-electron chi connectivity index (χ0n) is 15.9. The molecule has 29 heavy (non-hydrogen) atoms. The number of carbonyl (C=O) groups excluding carboxylic acids is 1. The number of nitrogens with zero attached hydrogens (tertiary/aromatic N) is 2. The van der Waals surface area contributed by atoms with Crippen molar-refractivity contribution in [3.05, 3.63) is 88.3 Å². The van der Waals surface area contributed by atoms with E-state index in [2.05, 4.69) is 9.88 Å². The molecular formula is C22H21ClFN3O2. The minimum absolute atomic E-state index is 0.144. The molecular weight excluding hydrogens is 393 g/mol. The summed E-state index contributed by atoms with van der Waals surface area (Å²) in [6, 6.07) is 15.7. The van der Waals surface area contributed by atoms with Crippen LogP contribution in [0.4, 0.5) is 4.39 Å². The zero-order chi connectivity index (χ0) is 20.8. The second-order valence-corrected chi connectivity index (χ2v) is 7.14. The number of amides is 1. The van der Waals surface area contributed by atoms with E-state index in [1.54, 1.807) is 24.3 Å². The minimum Gasteiger partial charge on any atom is -0.439 e. The molecule has 0 fully saturated rings. The van der Waals surface area contributed by atoms with Gasteiger partial charge in [0, 0.05) is 25.4 Å². The van der Waals surface area contributed by atoms with Gasteiger partial charge in [-0.25, -0.2) is 9.37 Å². The third kappa shape index (κ3) is 6.01. The Balaban J connectivity index is 1.50. The van der Waals surface area contributed by atoms with Gasteiger partial charge in [-0.15, -0.1) is 0 Å². The topological polar surface area (TPSA) is 68.5 Å². The number of ether oxygens (including phenoxy) is 1. The highest BCUT2D eigenvalue weighted by Gasteiger charge is 2.06. The Morgan fingerprint density at radius 2 is 1.86 bits per heavy atom. The molecule has 150 valence electrons. The number of benzene rings is 2. The quantitative estimate of drug-likeness (QED) is 0.592. The lowest BCUT2D eigenvalue weighted by molar-refractivity contribution is 0.1000. The molecule has 0 unspecified atom stereocenters. The van der Waals surface area contributed by atoms with E-state index in [1.807, 2.05) is 31.3 Å². The fourth-order valence-corrected chi connectivity index (χ4v) is 2.98. The molecule has 0 atom stereocenters. The van der Waals surface area contributed by atoms with Crippen LogP contribution in [0.2, 0.25) is 5.02 Å². The van der Waals surface area contributed by atoms with Crippen LogP contribution < -0.4 is 10.5 Å². The van der Waals surface area contributed by atoms with Gasteiger partial charge in [-0.05, 0) is 54.9 Å². The summed E-state index contributed by atoms with van der Waals surface area (Å²) >= 11 is 5.83. The third-order valence-electron chi connectivity index (χ3n) is 4.39. The van der Waals surface area contributed by atoms with Crippen LogP contribution in [0.15, 0.2) is 60.8 Å². The van der Waals surface area contributed by atoms with Crippen LogP contribution in [0, 0.1) is 5.82 Å². The molecule has 3 aromatic rings. The van der Waals surface area contributed by atoms with Gasteiger partial charge in [-0.3, -0.25) is 4.79 Å². The van der Waals surface area contributed by atoms with E-state index in [1.165, 1.54) is 17.8 Å². The molecule has 0 spiro atoms. The molecule has 1 amide bonds. The predicted molar refractivity (Wildman–Crippen MR) is 111 cm³/mol. The third-order valence-corrected chi connectivity index (χ3v) is 4.67. The van der Waals surface area contributed by atoms with Gasteiger partial charge in [0.2, 0.25) is 11.8 Å². The first-order chi connectivity index (χ1) is 13.9. The highest BCUT2D eigenvalue weighted by molar-refractivity contribution is 6.30. The Bertz CT molecular complexity index is 978. The number of carbonyl (C=O) groups is 1. The first kappa shape index (κ1) is 20.8. The van der Waals surface area contributed by atoms with Gasteiger partial charge in [-0.1, -0.05) is 29.8 Å². The van der Waals surface area contributed by atoms with E-state index in [0.717, 1.165) is 18.5 Å². The molecule has 7 heteroatoms.